The molecule has 0 saturated heterocycles. The van der Waals surface area contributed by atoms with Crippen molar-refractivity contribution in [1.82, 2.24) is 5.32 Å². The number of aliphatic carboxylic acids is 1. The zero-order valence-electron chi connectivity index (χ0n) is 15.7. The lowest BCUT2D eigenvalue weighted by Gasteiger charge is -2.13. The average Bonchev–Trinajstić information content (AvgIpc) is 2.71. The summed E-state index contributed by atoms with van der Waals surface area (Å²) in [6.45, 7) is 3.44. The van der Waals surface area contributed by atoms with Crippen LogP contribution in [0, 0.1) is 12.8 Å². The van der Waals surface area contributed by atoms with Gasteiger partial charge in [0, 0.05) is 17.7 Å². The summed E-state index contributed by atoms with van der Waals surface area (Å²) < 4.78 is 6.02. The molecule has 0 radical (unpaired) electrons. The molecule has 0 aliphatic rings. The second kappa shape index (κ2) is 8.08. The maximum atomic E-state index is 12.8. The highest BCUT2D eigenvalue weighted by Crippen LogP contribution is 2.27. The number of amides is 1. The lowest BCUT2D eigenvalue weighted by atomic mass is 10.0. The van der Waals surface area contributed by atoms with Gasteiger partial charge in [0.15, 0.2) is 11.0 Å². The third kappa shape index (κ3) is 3.67. The molecule has 1 atom stereocenters. The number of fused-ring (bicyclic) bond motifs is 1. The van der Waals surface area contributed by atoms with Crippen LogP contribution in [0.2, 0.25) is 0 Å². The molecule has 144 valence electrons. The second-order valence-corrected chi connectivity index (χ2v) is 6.59. The number of carbonyl (C=O) groups is 2. The molecule has 2 N–H and O–H groups in total. The zero-order valence-corrected chi connectivity index (χ0v) is 15.7. The predicted molar refractivity (Wildman–Crippen MR) is 106 cm³/mol. The predicted octanol–water partition coefficient (Wildman–Crippen LogP) is 3.61. The Morgan fingerprint density at radius 2 is 1.82 bits per heavy atom. The Kier molecular flexibility index (Phi) is 5.59. The molecular weight excluding hydrogens is 358 g/mol. The van der Waals surface area contributed by atoms with Crippen LogP contribution in [0.25, 0.3) is 22.3 Å². The smallest absolute Gasteiger partial charge is 0.308 e. The van der Waals surface area contributed by atoms with Crippen LogP contribution in [0.15, 0.2) is 57.7 Å². The lowest BCUT2D eigenvalue weighted by Crippen LogP contribution is -2.32. The molecule has 1 unspecified atom stereocenters. The summed E-state index contributed by atoms with van der Waals surface area (Å²) in [5, 5.41) is 12.1. The summed E-state index contributed by atoms with van der Waals surface area (Å²) in [6.07, 6.45) is 0.400. The van der Waals surface area contributed by atoms with Crippen LogP contribution < -0.4 is 10.7 Å². The minimum absolute atomic E-state index is 0.00267. The average molecular weight is 379 g/mol. The molecule has 0 fully saturated rings. The molecule has 0 spiro atoms. The molecule has 0 bridgehead atoms. The molecule has 0 aliphatic carbocycles. The van der Waals surface area contributed by atoms with Gasteiger partial charge in [-0.3, -0.25) is 14.4 Å². The number of rotatable bonds is 6. The maximum Gasteiger partial charge on any atom is 0.308 e. The topological polar surface area (TPSA) is 96.6 Å². The van der Waals surface area contributed by atoms with E-state index in [-0.39, 0.29) is 23.1 Å². The summed E-state index contributed by atoms with van der Waals surface area (Å²) >= 11 is 0. The van der Waals surface area contributed by atoms with Crippen LogP contribution in [0.4, 0.5) is 0 Å². The summed E-state index contributed by atoms with van der Waals surface area (Å²) in [5.74, 6) is -1.70. The number of carbonyl (C=O) groups excluding carboxylic acids is 1. The Hall–Kier alpha value is -3.41. The van der Waals surface area contributed by atoms with Crippen molar-refractivity contribution in [3.8, 4) is 11.3 Å². The highest BCUT2D eigenvalue weighted by molar-refractivity contribution is 6.05. The normalized spacial score (nSPS) is 11.9. The van der Waals surface area contributed by atoms with Crippen molar-refractivity contribution in [2.75, 3.05) is 6.54 Å². The van der Waals surface area contributed by atoms with Gasteiger partial charge in [0.25, 0.3) is 5.91 Å². The first kappa shape index (κ1) is 19.4. The first-order valence-electron chi connectivity index (χ1n) is 9.06. The van der Waals surface area contributed by atoms with Gasteiger partial charge in [-0.15, -0.1) is 0 Å². The van der Waals surface area contributed by atoms with Crippen molar-refractivity contribution < 1.29 is 19.1 Å². The number of hydrogen-bond acceptors (Lipinski definition) is 4. The Balaban J connectivity index is 2.07. The highest BCUT2D eigenvalue weighted by Gasteiger charge is 2.20. The van der Waals surface area contributed by atoms with E-state index in [1.807, 2.05) is 30.3 Å². The molecule has 6 heteroatoms. The molecule has 1 amide bonds. The molecule has 2 aromatic carbocycles. The lowest BCUT2D eigenvalue weighted by molar-refractivity contribution is -0.141. The first-order chi connectivity index (χ1) is 13.4. The van der Waals surface area contributed by atoms with Crippen LogP contribution >= 0.6 is 0 Å². The van der Waals surface area contributed by atoms with Crippen LogP contribution in [0.5, 0.6) is 0 Å². The van der Waals surface area contributed by atoms with Gasteiger partial charge in [-0.05, 0) is 25.5 Å². The van der Waals surface area contributed by atoms with E-state index >= 15 is 0 Å². The van der Waals surface area contributed by atoms with E-state index in [1.54, 1.807) is 32.0 Å². The molecule has 0 aliphatic heterocycles. The summed E-state index contributed by atoms with van der Waals surface area (Å²) in [5.41, 5.74) is 1.40. The minimum Gasteiger partial charge on any atom is -0.481 e. The van der Waals surface area contributed by atoms with E-state index in [0.29, 0.717) is 23.1 Å². The van der Waals surface area contributed by atoms with E-state index < -0.39 is 17.8 Å². The molecular formula is C22H21NO5. The summed E-state index contributed by atoms with van der Waals surface area (Å²) in [7, 11) is 0. The fourth-order valence-electron chi connectivity index (χ4n) is 3.07. The van der Waals surface area contributed by atoms with Crippen molar-refractivity contribution in [3.05, 3.63) is 69.9 Å². The number of nitrogens with one attached hydrogen (secondary N) is 1. The van der Waals surface area contributed by atoms with Gasteiger partial charge in [0.2, 0.25) is 0 Å². The van der Waals surface area contributed by atoms with E-state index in [4.69, 9.17) is 9.52 Å². The Morgan fingerprint density at radius 3 is 2.46 bits per heavy atom. The van der Waals surface area contributed by atoms with Gasteiger partial charge < -0.3 is 14.8 Å². The molecule has 0 saturated carbocycles. The van der Waals surface area contributed by atoms with Crippen LogP contribution in [0.3, 0.4) is 0 Å². The van der Waals surface area contributed by atoms with E-state index in [2.05, 4.69) is 5.32 Å². The van der Waals surface area contributed by atoms with E-state index in [1.165, 1.54) is 0 Å². The molecule has 28 heavy (non-hydrogen) atoms. The SMILES string of the molecule is CCC(CNC(=O)c1cccc2c(=O)c(C)c(-c3ccccc3)oc12)C(=O)O. The number of para-hydroxylation sites is 1. The zero-order chi connectivity index (χ0) is 20.3. The Labute approximate surface area is 161 Å². The van der Waals surface area contributed by atoms with Gasteiger partial charge in [0.1, 0.15) is 5.76 Å². The first-order valence-corrected chi connectivity index (χ1v) is 9.06. The molecule has 3 rings (SSSR count). The van der Waals surface area contributed by atoms with Gasteiger partial charge in [0.05, 0.1) is 16.9 Å². The molecule has 1 aromatic heterocycles. The van der Waals surface area contributed by atoms with Gasteiger partial charge >= 0.3 is 5.97 Å². The van der Waals surface area contributed by atoms with Crippen LogP contribution in [-0.2, 0) is 4.79 Å². The third-order valence-corrected chi connectivity index (χ3v) is 4.78. The molecule has 1 heterocycles. The number of carboxylic acids is 1. The van der Waals surface area contributed by atoms with Gasteiger partial charge in [-0.2, -0.15) is 0 Å². The van der Waals surface area contributed by atoms with E-state index in [9.17, 15) is 14.4 Å². The van der Waals surface area contributed by atoms with Gasteiger partial charge in [-0.25, -0.2) is 0 Å². The molecule has 3 aromatic rings. The van der Waals surface area contributed by atoms with Crippen molar-refractivity contribution in [3.63, 3.8) is 0 Å². The maximum absolute atomic E-state index is 12.8. The number of carboxylic acid groups (broad SMARTS) is 1. The van der Waals surface area contributed by atoms with Crippen molar-refractivity contribution in [2.45, 2.75) is 20.3 Å². The number of hydrogen-bond donors (Lipinski definition) is 2. The van der Waals surface area contributed by atoms with Crippen LogP contribution in [-0.4, -0.2) is 23.5 Å². The second-order valence-electron chi connectivity index (χ2n) is 6.59. The largest absolute Gasteiger partial charge is 0.481 e. The molecule has 6 nitrogen and oxygen atoms in total. The highest BCUT2D eigenvalue weighted by atomic mass is 16.4. The van der Waals surface area contributed by atoms with Crippen molar-refractivity contribution in [1.29, 1.82) is 0 Å². The monoisotopic (exact) mass is 379 g/mol. The number of benzene rings is 2. The van der Waals surface area contributed by atoms with E-state index in [0.717, 1.165) is 5.56 Å². The minimum atomic E-state index is -0.964. The Bertz CT molecular complexity index is 1090. The van der Waals surface area contributed by atoms with Gasteiger partial charge in [-0.1, -0.05) is 43.3 Å². The fourth-order valence-corrected chi connectivity index (χ4v) is 3.07. The van der Waals surface area contributed by atoms with Crippen LogP contribution in [0.1, 0.15) is 29.3 Å². The quantitative estimate of drug-likeness (QED) is 0.682. The standard InChI is InChI=1S/C22H21NO5/c1-3-14(22(26)27)12-23-21(25)17-11-7-10-16-18(24)13(2)19(28-20(16)17)15-8-5-4-6-9-15/h4-11,14H,3,12H2,1-2H3,(H,23,25)(H,26,27). The van der Waals surface area contributed by atoms with Crippen molar-refractivity contribution in [2.24, 2.45) is 5.92 Å². The summed E-state index contributed by atoms with van der Waals surface area (Å²) in [6, 6.07) is 14.0. The Morgan fingerprint density at radius 1 is 1.11 bits per heavy atom. The van der Waals surface area contributed by atoms with Crippen molar-refractivity contribution >= 4 is 22.8 Å². The third-order valence-electron chi connectivity index (χ3n) is 4.78. The summed E-state index contributed by atoms with van der Waals surface area (Å²) in [4.78, 5) is 36.7. The fraction of sp³-hybridized carbons (Fsp3) is 0.227.